The largest absolute Gasteiger partial charge is 0.281 e. The second kappa shape index (κ2) is 2.97. The number of nitrogens with zero attached hydrogens (tertiary/aromatic N) is 2. The fourth-order valence-electron chi connectivity index (χ4n) is 1.26. The molecule has 2 atom stereocenters. The van der Waals surface area contributed by atoms with Crippen molar-refractivity contribution in [2.75, 3.05) is 11.5 Å². The van der Waals surface area contributed by atoms with Gasteiger partial charge in [0.2, 0.25) is 0 Å². The molecule has 1 fully saturated rings. The minimum Gasteiger partial charge on any atom is -0.281 e. The highest BCUT2D eigenvalue weighted by Gasteiger charge is 2.39. The topological polar surface area (TPSA) is 59.6 Å². The molecule has 0 aromatic rings. The van der Waals surface area contributed by atoms with Gasteiger partial charge in [-0.05, 0) is 13.8 Å². The van der Waals surface area contributed by atoms with E-state index in [0.717, 1.165) is 11.5 Å². The Bertz CT molecular complexity index is 238. The van der Waals surface area contributed by atoms with Gasteiger partial charge in [-0.15, -0.1) is 0 Å². The Hall–Kier alpha value is -0.710. The minimum absolute atomic E-state index is 0.548. The van der Waals surface area contributed by atoms with Crippen LogP contribution in [0.4, 0.5) is 0 Å². The van der Waals surface area contributed by atoms with Crippen LogP contribution in [0.3, 0.4) is 0 Å². The van der Waals surface area contributed by atoms with Crippen molar-refractivity contribution in [1.29, 1.82) is 10.5 Å². The van der Waals surface area contributed by atoms with E-state index in [-0.39, 0.29) is 0 Å². The zero-order valence-electron chi connectivity index (χ0n) is 7.22. The van der Waals surface area contributed by atoms with Crippen LogP contribution in [-0.4, -0.2) is 22.6 Å². The summed E-state index contributed by atoms with van der Waals surface area (Å²) >= 11 is 1.65. The van der Waals surface area contributed by atoms with Crippen LogP contribution in [0.2, 0.25) is 0 Å². The highest BCUT2D eigenvalue weighted by molar-refractivity contribution is 7.99. The molecule has 3 nitrogen and oxygen atoms in total. The number of rotatable bonds is 0. The summed E-state index contributed by atoms with van der Waals surface area (Å²) in [5.41, 5.74) is -1.10. The molecule has 4 heteroatoms. The number of nitrogens with one attached hydrogen (secondary N) is 1. The van der Waals surface area contributed by atoms with Crippen LogP contribution < -0.4 is 5.32 Å². The summed E-state index contributed by atoms with van der Waals surface area (Å²) in [6.07, 6.45) is 0. The molecule has 0 amide bonds. The number of thioether (sulfide) groups is 1. The Morgan fingerprint density at radius 3 is 1.92 bits per heavy atom. The van der Waals surface area contributed by atoms with Crippen LogP contribution in [0.1, 0.15) is 13.8 Å². The van der Waals surface area contributed by atoms with Gasteiger partial charge in [-0.1, -0.05) is 0 Å². The van der Waals surface area contributed by atoms with Gasteiger partial charge >= 0.3 is 0 Å². The van der Waals surface area contributed by atoms with Gasteiger partial charge in [0.1, 0.15) is 11.1 Å². The summed E-state index contributed by atoms with van der Waals surface area (Å²) in [7, 11) is 0. The first-order chi connectivity index (χ1) is 5.54. The Balaban J connectivity index is 2.79. The minimum atomic E-state index is -0.548. The summed E-state index contributed by atoms with van der Waals surface area (Å²) in [5, 5.41) is 20.7. The molecule has 0 unspecified atom stereocenters. The highest BCUT2D eigenvalue weighted by atomic mass is 32.2. The quantitative estimate of drug-likeness (QED) is 0.603. The average Bonchev–Trinajstić information content (AvgIpc) is 2.05. The fourth-order valence-corrected chi connectivity index (χ4v) is 2.45. The first kappa shape index (κ1) is 9.38. The zero-order chi connectivity index (χ0) is 9.24. The van der Waals surface area contributed by atoms with E-state index >= 15 is 0 Å². The maximum Gasteiger partial charge on any atom is 0.114 e. The number of hydrogen-bond acceptors (Lipinski definition) is 4. The smallest absolute Gasteiger partial charge is 0.114 e. The monoisotopic (exact) mass is 181 g/mol. The molecule has 1 rings (SSSR count). The van der Waals surface area contributed by atoms with Crippen LogP contribution in [0.5, 0.6) is 0 Å². The summed E-state index contributed by atoms with van der Waals surface area (Å²) in [6.45, 7) is 3.66. The van der Waals surface area contributed by atoms with Gasteiger partial charge in [-0.2, -0.15) is 22.3 Å². The van der Waals surface area contributed by atoms with Crippen LogP contribution in [0.25, 0.3) is 0 Å². The van der Waals surface area contributed by atoms with Gasteiger partial charge in [-0.25, -0.2) is 0 Å². The Labute approximate surface area is 76.7 Å². The van der Waals surface area contributed by atoms with Crippen LogP contribution in [-0.2, 0) is 0 Å². The van der Waals surface area contributed by atoms with Crippen molar-refractivity contribution in [2.24, 2.45) is 0 Å². The van der Waals surface area contributed by atoms with Crippen molar-refractivity contribution < 1.29 is 0 Å². The van der Waals surface area contributed by atoms with E-state index in [2.05, 4.69) is 17.5 Å². The SMILES string of the molecule is C[C@@]1(C#N)CSC[C@@](C)(C#N)N1. The Morgan fingerprint density at radius 1 is 1.17 bits per heavy atom. The van der Waals surface area contributed by atoms with Crippen LogP contribution >= 0.6 is 11.8 Å². The van der Waals surface area contributed by atoms with Crippen LogP contribution in [0.15, 0.2) is 0 Å². The van der Waals surface area contributed by atoms with E-state index in [0.29, 0.717) is 0 Å². The van der Waals surface area contributed by atoms with Gasteiger partial charge in [0, 0.05) is 11.5 Å². The molecule has 1 heterocycles. The van der Waals surface area contributed by atoms with E-state index in [4.69, 9.17) is 10.5 Å². The summed E-state index contributed by atoms with van der Waals surface area (Å²) in [5.74, 6) is 1.50. The maximum atomic E-state index is 8.84. The maximum absolute atomic E-state index is 8.84. The second-order valence-corrected chi connectivity index (χ2v) is 4.49. The fraction of sp³-hybridized carbons (Fsp3) is 0.750. The average molecular weight is 181 g/mol. The lowest BCUT2D eigenvalue weighted by Gasteiger charge is -2.37. The molecule has 0 radical (unpaired) electrons. The molecular formula is C8H11N3S. The van der Waals surface area contributed by atoms with Gasteiger partial charge in [0.25, 0.3) is 0 Å². The van der Waals surface area contributed by atoms with E-state index < -0.39 is 11.1 Å². The lowest BCUT2D eigenvalue weighted by atomic mass is 9.99. The molecule has 0 aromatic carbocycles. The van der Waals surface area contributed by atoms with Crippen molar-refractivity contribution >= 4 is 11.8 Å². The third kappa shape index (κ3) is 1.72. The van der Waals surface area contributed by atoms with E-state index in [9.17, 15) is 0 Å². The van der Waals surface area contributed by atoms with E-state index in [1.807, 2.05) is 13.8 Å². The molecule has 0 aliphatic carbocycles. The van der Waals surface area contributed by atoms with Crippen molar-refractivity contribution in [3.63, 3.8) is 0 Å². The summed E-state index contributed by atoms with van der Waals surface area (Å²) in [6, 6.07) is 4.37. The van der Waals surface area contributed by atoms with Gasteiger partial charge in [-0.3, -0.25) is 5.32 Å². The number of hydrogen-bond donors (Lipinski definition) is 1. The Morgan fingerprint density at radius 2 is 1.58 bits per heavy atom. The normalized spacial score (nSPS) is 41.3. The third-order valence-corrected chi connectivity index (χ3v) is 3.39. The van der Waals surface area contributed by atoms with Gasteiger partial charge in [0.05, 0.1) is 12.1 Å². The van der Waals surface area contributed by atoms with Gasteiger partial charge in [0.15, 0.2) is 0 Å². The van der Waals surface area contributed by atoms with Crippen molar-refractivity contribution in [2.45, 2.75) is 24.9 Å². The molecule has 1 N–H and O–H groups in total. The van der Waals surface area contributed by atoms with Crippen molar-refractivity contribution in [3.8, 4) is 12.1 Å². The molecule has 0 saturated carbocycles. The van der Waals surface area contributed by atoms with Gasteiger partial charge < -0.3 is 0 Å². The van der Waals surface area contributed by atoms with Crippen molar-refractivity contribution in [1.82, 2.24) is 5.32 Å². The summed E-state index contributed by atoms with van der Waals surface area (Å²) < 4.78 is 0. The lowest BCUT2D eigenvalue weighted by molar-refractivity contribution is 0.373. The molecule has 0 spiro atoms. The molecule has 0 aromatic heterocycles. The van der Waals surface area contributed by atoms with Crippen LogP contribution in [0, 0.1) is 22.7 Å². The predicted octanol–water partition coefficient (Wildman–Crippen LogP) is 0.887. The first-order valence-electron chi connectivity index (χ1n) is 3.73. The molecule has 0 bridgehead atoms. The zero-order valence-corrected chi connectivity index (χ0v) is 8.03. The molecule has 1 aliphatic heterocycles. The van der Waals surface area contributed by atoms with E-state index in [1.165, 1.54) is 0 Å². The third-order valence-electron chi connectivity index (χ3n) is 1.83. The second-order valence-electron chi connectivity index (χ2n) is 3.51. The molecule has 64 valence electrons. The standard InChI is InChI=1S/C8H11N3S/c1-7(3-9)5-12-6-8(2,4-10)11-7/h11H,5-6H2,1-2H3/t7-,8-/m1/s1. The Kier molecular flexibility index (Phi) is 2.32. The molecule has 1 aliphatic rings. The predicted molar refractivity (Wildman–Crippen MR) is 48.5 cm³/mol. The highest BCUT2D eigenvalue weighted by Crippen LogP contribution is 2.26. The number of nitriles is 2. The first-order valence-corrected chi connectivity index (χ1v) is 4.89. The van der Waals surface area contributed by atoms with E-state index in [1.54, 1.807) is 11.8 Å². The molecular weight excluding hydrogens is 170 g/mol. The molecule has 1 saturated heterocycles. The summed E-state index contributed by atoms with van der Waals surface area (Å²) in [4.78, 5) is 0. The molecule has 12 heavy (non-hydrogen) atoms. The van der Waals surface area contributed by atoms with Crippen molar-refractivity contribution in [3.05, 3.63) is 0 Å². The lowest BCUT2D eigenvalue weighted by Crippen LogP contribution is -2.60.